The highest BCUT2D eigenvalue weighted by Gasteiger charge is 2.19. The minimum Gasteiger partial charge on any atom is -0.462 e. The van der Waals surface area contributed by atoms with Crippen molar-refractivity contribution < 1.29 is 28.6 Å². The molecular formula is C77H136O6. The Labute approximate surface area is 515 Å². The highest BCUT2D eigenvalue weighted by atomic mass is 16.6. The minimum atomic E-state index is -0.782. The second-order valence-electron chi connectivity index (χ2n) is 24.1. The number of hydrogen-bond acceptors (Lipinski definition) is 6. The number of ether oxygens (including phenoxy) is 3. The predicted molar refractivity (Wildman–Crippen MR) is 362 cm³/mol. The van der Waals surface area contributed by atoms with Gasteiger partial charge in [0, 0.05) is 19.3 Å². The maximum atomic E-state index is 13.0. The lowest BCUT2D eigenvalue weighted by Crippen LogP contribution is -2.30. The fraction of sp³-hybridized carbons (Fsp3) is 0.779. The van der Waals surface area contributed by atoms with Gasteiger partial charge in [-0.15, -0.1) is 0 Å². The molecule has 480 valence electrons. The number of allylic oxidation sites excluding steroid dienone is 14. The van der Waals surface area contributed by atoms with Crippen molar-refractivity contribution in [1.82, 2.24) is 0 Å². The van der Waals surface area contributed by atoms with E-state index >= 15 is 0 Å². The lowest BCUT2D eigenvalue weighted by Gasteiger charge is -2.18. The Balaban J connectivity index is 4.35. The molecule has 0 rings (SSSR count). The van der Waals surface area contributed by atoms with Crippen molar-refractivity contribution in [1.29, 1.82) is 0 Å². The van der Waals surface area contributed by atoms with E-state index in [0.717, 1.165) is 96.3 Å². The van der Waals surface area contributed by atoms with Gasteiger partial charge in [-0.05, 0) is 96.3 Å². The summed E-state index contributed by atoms with van der Waals surface area (Å²) in [6.07, 6.45) is 94.6. The van der Waals surface area contributed by atoms with Crippen molar-refractivity contribution in [3.8, 4) is 0 Å². The van der Waals surface area contributed by atoms with Crippen molar-refractivity contribution in [3.05, 3.63) is 85.1 Å². The summed E-state index contributed by atoms with van der Waals surface area (Å²) in [6.45, 7) is 6.57. The predicted octanol–water partition coefficient (Wildman–Crippen LogP) is 25.0. The van der Waals surface area contributed by atoms with Gasteiger partial charge in [0.25, 0.3) is 0 Å². The summed E-state index contributed by atoms with van der Waals surface area (Å²) in [7, 11) is 0. The van der Waals surface area contributed by atoms with Crippen LogP contribution in [0.3, 0.4) is 0 Å². The largest absolute Gasteiger partial charge is 0.462 e. The Morgan fingerprint density at radius 3 is 0.735 bits per heavy atom. The van der Waals surface area contributed by atoms with E-state index in [-0.39, 0.29) is 31.1 Å². The molecule has 0 heterocycles. The third-order valence-electron chi connectivity index (χ3n) is 15.9. The molecule has 0 fully saturated rings. The molecule has 1 unspecified atom stereocenters. The Bertz CT molecular complexity index is 1570. The first-order valence-corrected chi connectivity index (χ1v) is 36.1. The number of hydrogen-bond donors (Lipinski definition) is 0. The topological polar surface area (TPSA) is 78.9 Å². The third-order valence-corrected chi connectivity index (χ3v) is 15.9. The van der Waals surface area contributed by atoms with Crippen LogP contribution in [0.1, 0.15) is 367 Å². The van der Waals surface area contributed by atoms with E-state index in [2.05, 4.69) is 106 Å². The van der Waals surface area contributed by atoms with E-state index in [4.69, 9.17) is 14.2 Å². The summed E-state index contributed by atoms with van der Waals surface area (Å²) in [6, 6.07) is 0. The average Bonchev–Trinajstić information content (AvgIpc) is 3.49. The van der Waals surface area contributed by atoms with Gasteiger partial charge in [-0.2, -0.15) is 0 Å². The molecule has 6 heteroatoms. The smallest absolute Gasteiger partial charge is 0.306 e. The SMILES string of the molecule is CC/C=C\C/C=C\C/C=C\C/C=C\CCCCCCCCCCCCC(=O)OC(COC(=O)CCCCCCCCCCCC/C=C\C/C=C\C/C=C\CCCCCCC)COC(=O)CCCCCCCCCCCCCCCCCCC. The summed E-state index contributed by atoms with van der Waals surface area (Å²) in [5.41, 5.74) is 0. The first kappa shape index (κ1) is 79.6. The Morgan fingerprint density at radius 1 is 0.253 bits per heavy atom. The van der Waals surface area contributed by atoms with Gasteiger partial charge in [0.05, 0.1) is 0 Å². The van der Waals surface area contributed by atoms with Crippen molar-refractivity contribution in [2.24, 2.45) is 0 Å². The lowest BCUT2D eigenvalue weighted by molar-refractivity contribution is -0.167. The molecule has 83 heavy (non-hydrogen) atoms. The Hall–Kier alpha value is -3.41. The Morgan fingerprint density at radius 2 is 0.470 bits per heavy atom. The molecule has 0 saturated carbocycles. The molecule has 0 aliphatic rings. The van der Waals surface area contributed by atoms with Crippen LogP contribution >= 0.6 is 0 Å². The van der Waals surface area contributed by atoms with E-state index in [9.17, 15) is 14.4 Å². The van der Waals surface area contributed by atoms with Crippen LogP contribution in [0.25, 0.3) is 0 Å². The quantitative estimate of drug-likeness (QED) is 0.0261. The molecule has 0 aromatic carbocycles. The van der Waals surface area contributed by atoms with E-state index in [1.807, 2.05) is 0 Å². The molecule has 0 N–H and O–H groups in total. The van der Waals surface area contributed by atoms with Gasteiger partial charge >= 0.3 is 17.9 Å². The minimum absolute atomic E-state index is 0.0755. The fourth-order valence-corrected chi connectivity index (χ4v) is 10.5. The molecule has 0 bridgehead atoms. The van der Waals surface area contributed by atoms with Gasteiger partial charge in [0.1, 0.15) is 13.2 Å². The maximum Gasteiger partial charge on any atom is 0.306 e. The summed E-state index contributed by atoms with van der Waals surface area (Å²) in [5.74, 6) is -0.862. The van der Waals surface area contributed by atoms with Gasteiger partial charge in [-0.1, -0.05) is 337 Å². The second-order valence-corrected chi connectivity index (χ2v) is 24.1. The van der Waals surface area contributed by atoms with Crippen LogP contribution in [-0.4, -0.2) is 37.2 Å². The van der Waals surface area contributed by atoms with Crippen LogP contribution in [0.4, 0.5) is 0 Å². The monoisotopic (exact) mass is 1160 g/mol. The molecule has 0 spiro atoms. The van der Waals surface area contributed by atoms with Crippen LogP contribution in [0.5, 0.6) is 0 Å². The first-order chi connectivity index (χ1) is 41.0. The molecule has 0 aromatic heterocycles. The zero-order chi connectivity index (χ0) is 59.9. The van der Waals surface area contributed by atoms with Crippen LogP contribution in [-0.2, 0) is 28.6 Å². The Kier molecular flexibility index (Phi) is 68.2. The molecule has 1 atom stereocenters. The summed E-state index contributed by atoms with van der Waals surface area (Å²) < 4.78 is 17.0. The van der Waals surface area contributed by atoms with Crippen molar-refractivity contribution in [2.75, 3.05) is 13.2 Å². The van der Waals surface area contributed by atoms with Crippen molar-refractivity contribution in [2.45, 2.75) is 374 Å². The number of esters is 3. The second kappa shape index (κ2) is 71.1. The van der Waals surface area contributed by atoms with E-state index in [0.29, 0.717) is 19.3 Å². The number of carbonyl (C=O) groups excluding carboxylic acids is 3. The zero-order valence-corrected chi connectivity index (χ0v) is 55.2. The molecule has 6 nitrogen and oxygen atoms in total. The van der Waals surface area contributed by atoms with Crippen molar-refractivity contribution in [3.63, 3.8) is 0 Å². The highest BCUT2D eigenvalue weighted by molar-refractivity contribution is 5.71. The summed E-state index contributed by atoms with van der Waals surface area (Å²) in [4.78, 5) is 38.5. The summed E-state index contributed by atoms with van der Waals surface area (Å²) in [5, 5.41) is 0. The van der Waals surface area contributed by atoms with E-state index in [1.54, 1.807) is 0 Å². The van der Waals surface area contributed by atoms with Gasteiger partial charge in [0.15, 0.2) is 6.10 Å². The molecule has 0 aromatic rings. The molecular weight excluding hydrogens is 1020 g/mol. The number of rotatable bonds is 66. The molecule has 0 radical (unpaired) electrons. The van der Waals surface area contributed by atoms with Crippen LogP contribution in [0, 0.1) is 0 Å². The maximum absolute atomic E-state index is 13.0. The van der Waals surface area contributed by atoms with Gasteiger partial charge < -0.3 is 14.2 Å². The van der Waals surface area contributed by atoms with E-state index in [1.165, 1.54) is 231 Å². The van der Waals surface area contributed by atoms with Crippen LogP contribution < -0.4 is 0 Å². The number of carbonyl (C=O) groups is 3. The average molecular weight is 1160 g/mol. The number of unbranched alkanes of at least 4 members (excludes halogenated alkanes) is 41. The third kappa shape index (κ3) is 69.3. The highest BCUT2D eigenvalue weighted by Crippen LogP contribution is 2.18. The molecule has 0 amide bonds. The molecule has 0 saturated heterocycles. The molecule has 0 aliphatic carbocycles. The van der Waals surface area contributed by atoms with Gasteiger partial charge in [0.2, 0.25) is 0 Å². The van der Waals surface area contributed by atoms with Crippen LogP contribution in [0.2, 0.25) is 0 Å². The van der Waals surface area contributed by atoms with E-state index < -0.39 is 6.10 Å². The first-order valence-electron chi connectivity index (χ1n) is 36.1. The van der Waals surface area contributed by atoms with Crippen molar-refractivity contribution >= 4 is 17.9 Å². The zero-order valence-electron chi connectivity index (χ0n) is 55.2. The van der Waals surface area contributed by atoms with Gasteiger partial charge in [-0.25, -0.2) is 0 Å². The van der Waals surface area contributed by atoms with Crippen LogP contribution in [0.15, 0.2) is 85.1 Å². The normalized spacial score (nSPS) is 12.6. The lowest BCUT2D eigenvalue weighted by atomic mass is 10.0. The standard InChI is InChI=1S/C77H136O6/c1-4-7-10-13-16-19-22-25-28-31-33-35-37-38-40-41-43-46-49-52-55-58-61-64-67-70-76(79)82-73-74(72-81-75(78)69-66-63-60-57-54-51-48-45-30-27-24-21-18-15-12-9-6-3)83-77(80)71-68-65-62-59-56-53-50-47-44-42-39-36-34-32-29-26-23-20-17-14-11-8-5-2/h8,11,17,20,22,25-26,29,31,33-34,36-38,74H,4-7,9-10,12-16,18-19,21,23-24,27-28,30,32,35,39-73H2,1-3H3/b11-8-,20-17-,25-22-,29-26-,33-31-,36-34-,38-37-. The van der Waals surface area contributed by atoms with Gasteiger partial charge in [-0.3, -0.25) is 14.4 Å². The molecule has 0 aliphatic heterocycles. The fourth-order valence-electron chi connectivity index (χ4n) is 10.5. The summed E-state index contributed by atoms with van der Waals surface area (Å²) >= 11 is 0.